The molecule has 4 nitrogen and oxygen atoms in total. The summed E-state index contributed by atoms with van der Waals surface area (Å²) >= 11 is 5.66. The number of carbonyl (C=O) groups is 1. The van der Waals surface area contributed by atoms with Crippen molar-refractivity contribution in [1.29, 1.82) is 0 Å². The lowest BCUT2D eigenvalue weighted by atomic mass is 9.96. The first kappa shape index (κ1) is 18.9. The van der Waals surface area contributed by atoms with Gasteiger partial charge in [-0.3, -0.25) is 4.79 Å². The molecule has 0 saturated carbocycles. The van der Waals surface area contributed by atoms with E-state index in [4.69, 9.17) is 16.7 Å². The van der Waals surface area contributed by atoms with E-state index < -0.39 is 59.2 Å². The van der Waals surface area contributed by atoms with Crippen molar-refractivity contribution < 1.29 is 27.5 Å². The van der Waals surface area contributed by atoms with E-state index >= 15 is 0 Å². The monoisotopic (exact) mass is 375 g/mol. The lowest BCUT2D eigenvalue weighted by molar-refractivity contribution is -0.137. The quantitative estimate of drug-likeness (QED) is 0.427. The van der Waals surface area contributed by atoms with Crippen molar-refractivity contribution in [3.63, 3.8) is 0 Å². The molecule has 0 aliphatic rings. The number of hydrogen-bond donors (Lipinski definition) is 1. The molecule has 1 N–H and O–H groups in total. The summed E-state index contributed by atoms with van der Waals surface area (Å²) < 4.78 is 57.2. The van der Waals surface area contributed by atoms with E-state index in [0.29, 0.717) is 0 Å². The second-order valence-electron chi connectivity index (χ2n) is 5.11. The fraction of sp³-hybridized carbons (Fsp3) is 0.188. The summed E-state index contributed by atoms with van der Waals surface area (Å²) in [5.41, 5.74) is -2.35. The van der Waals surface area contributed by atoms with Gasteiger partial charge in [0.1, 0.15) is 6.04 Å². The maximum atomic E-state index is 14.3. The molecular formula is C16H10ClF4NO3. The minimum Gasteiger partial charge on any atom is -0.481 e. The minimum absolute atomic E-state index is 0.162. The van der Waals surface area contributed by atoms with Gasteiger partial charge in [-0.2, -0.15) is 4.91 Å². The molecular weight excluding hydrogens is 366 g/mol. The Hall–Kier alpha value is -2.48. The molecule has 0 aromatic heterocycles. The molecule has 0 spiro atoms. The summed E-state index contributed by atoms with van der Waals surface area (Å²) in [6.07, 6.45) is -1.26. The first-order valence-corrected chi connectivity index (χ1v) is 7.31. The molecule has 0 fully saturated rings. The second kappa shape index (κ2) is 7.60. The number of hydrogen-bond acceptors (Lipinski definition) is 3. The van der Waals surface area contributed by atoms with E-state index in [-0.39, 0.29) is 10.6 Å². The fourth-order valence-corrected chi connectivity index (χ4v) is 2.45. The van der Waals surface area contributed by atoms with Gasteiger partial charge >= 0.3 is 5.97 Å². The minimum atomic E-state index is -1.88. The molecule has 2 aromatic carbocycles. The van der Waals surface area contributed by atoms with Gasteiger partial charge in [0, 0.05) is 11.4 Å². The van der Waals surface area contributed by atoms with Crippen LogP contribution in [-0.4, -0.2) is 11.1 Å². The van der Waals surface area contributed by atoms with Crippen LogP contribution in [0.15, 0.2) is 29.4 Å². The molecule has 0 amide bonds. The van der Waals surface area contributed by atoms with Crippen LogP contribution >= 0.6 is 11.6 Å². The summed E-state index contributed by atoms with van der Waals surface area (Å²) in [5.74, 6) is -8.36. The van der Waals surface area contributed by atoms with Crippen LogP contribution in [-0.2, 0) is 4.79 Å². The SMILES string of the molecule is O=NC(CCC(=O)O)c1c(F)c(F)c(-c2ccc(Cl)cc2)c(F)c1F. The van der Waals surface area contributed by atoms with Crippen molar-refractivity contribution in [1.82, 2.24) is 0 Å². The smallest absolute Gasteiger partial charge is 0.303 e. The van der Waals surface area contributed by atoms with Gasteiger partial charge in [0.05, 0.1) is 11.1 Å². The van der Waals surface area contributed by atoms with Crippen LogP contribution in [0, 0.1) is 28.2 Å². The highest BCUT2D eigenvalue weighted by atomic mass is 35.5. The van der Waals surface area contributed by atoms with Crippen molar-refractivity contribution >= 4 is 17.6 Å². The molecule has 1 atom stereocenters. The van der Waals surface area contributed by atoms with Crippen LogP contribution in [0.1, 0.15) is 24.4 Å². The summed E-state index contributed by atoms with van der Waals surface area (Å²) in [6, 6.07) is 3.02. The molecule has 2 aromatic rings. The Bertz CT molecular complexity index is 798. The number of carboxylic acid groups (broad SMARTS) is 1. The average molecular weight is 376 g/mol. The summed E-state index contributed by atoms with van der Waals surface area (Å²) in [6.45, 7) is 0. The number of benzene rings is 2. The van der Waals surface area contributed by atoms with Crippen LogP contribution in [0.2, 0.25) is 5.02 Å². The molecule has 0 aliphatic heterocycles. The number of rotatable bonds is 6. The van der Waals surface area contributed by atoms with Crippen molar-refractivity contribution in [3.8, 4) is 11.1 Å². The zero-order chi connectivity index (χ0) is 18.7. The van der Waals surface area contributed by atoms with Gasteiger partial charge in [0.2, 0.25) is 0 Å². The molecule has 1 unspecified atom stereocenters. The average Bonchev–Trinajstić information content (AvgIpc) is 2.57. The van der Waals surface area contributed by atoms with E-state index in [1.165, 1.54) is 24.3 Å². The first-order chi connectivity index (χ1) is 11.8. The number of nitroso groups, excluding NO2 is 1. The zero-order valence-electron chi connectivity index (χ0n) is 12.4. The molecule has 0 bridgehead atoms. The first-order valence-electron chi connectivity index (χ1n) is 6.94. The van der Waals surface area contributed by atoms with Crippen LogP contribution in [0.3, 0.4) is 0 Å². The highest BCUT2D eigenvalue weighted by molar-refractivity contribution is 6.30. The zero-order valence-corrected chi connectivity index (χ0v) is 13.2. The van der Waals surface area contributed by atoms with Crippen LogP contribution in [0.5, 0.6) is 0 Å². The van der Waals surface area contributed by atoms with Gasteiger partial charge in [-0.25, -0.2) is 17.6 Å². The van der Waals surface area contributed by atoms with E-state index in [2.05, 4.69) is 5.18 Å². The fourth-order valence-electron chi connectivity index (χ4n) is 2.32. The standard InChI is InChI=1S/C16H10ClF4NO3/c17-8-3-1-7(2-4-8)11-13(18)15(20)12(16(21)14(11)19)9(22-25)5-6-10(23)24/h1-4,9H,5-6H2,(H,23,24). The third kappa shape index (κ3) is 3.79. The van der Waals surface area contributed by atoms with Crippen molar-refractivity contribution in [2.75, 3.05) is 0 Å². The third-order valence-corrected chi connectivity index (χ3v) is 3.77. The predicted molar refractivity (Wildman–Crippen MR) is 82.1 cm³/mol. The molecule has 0 radical (unpaired) electrons. The van der Waals surface area contributed by atoms with Gasteiger partial charge < -0.3 is 5.11 Å². The highest BCUT2D eigenvalue weighted by Crippen LogP contribution is 2.37. The number of nitrogens with zero attached hydrogens (tertiary/aromatic N) is 1. The molecule has 0 saturated heterocycles. The van der Waals surface area contributed by atoms with Gasteiger partial charge in [-0.15, -0.1) is 0 Å². The van der Waals surface area contributed by atoms with Crippen molar-refractivity contribution in [2.45, 2.75) is 18.9 Å². The lowest BCUT2D eigenvalue weighted by Crippen LogP contribution is -2.11. The Morgan fingerprint density at radius 1 is 1.04 bits per heavy atom. The van der Waals surface area contributed by atoms with Gasteiger partial charge in [-0.1, -0.05) is 28.9 Å². The second-order valence-corrected chi connectivity index (χ2v) is 5.54. The number of halogens is 5. The summed E-state index contributed by atoms with van der Waals surface area (Å²) in [4.78, 5) is 21.3. The van der Waals surface area contributed by atoms with Gasteiger partial charge in [0.25, 0.3) is 0 Å². The number of aliphatic carboxylic acids is 1. The Labute approximate surface area is 144 Å². The van der Waals surface area contributed by atoms with E-state index in [1.807, 2.05) is 0 Å². The maximum absolute atomic E-state index is 14.3. The molecule has 9 heteroatoms. The van der Waals surface area contributed by atoms with E-state index in [1.54, 1.807) is 0 Å². The maximum Gasteiger partial charge on any atom is 0.303 e. The molecule has 0 heterocycles. The van der Waals surface area contributed by atoms with Gasteiger partial charge in [-0.05, 0) is 24.1 Å². The van der Waals surface area contributed by atoms with Crippen LogP contribution < -0.4 is 0 Å². The predicted octanol–water partition coefficient (Wildman–Crippen LogP) is 5.24. The van der Waals surface area contributed by atoms with Crippen molar-refractivity contribution in [2.24, 2.45) is 5.18 Å². The van der Waals surface area contributed by atoms with Crippen molar-refractivity contribution in [3.05, 3.63) is 63.0 Å². The van der Waals surface area contributed by atoms with Gasteiger partial charge in [0.15, 0.2) is 23.3 Å². The molecule has 25 heavy (non-hydrogen) atoms. The molecule has 132 valence electrons. The Balaban J connectivity index is 2.60. The largest absolute Gasteiger partial charge is 0.481 e. The lowest BCUT2D eigenvalue weighted by Gasteiger charge is -2.15. The summed E-state index contributed by atoms with van der Waals surface area (Å²) in [7, 11) is 0. The topological polar surface area (TPSA) is 66.7 Å². The molecule has 0 aliphatic carbocycles. The van der Waals surface area contributed by atoms with E-state index in [9.17, 15) is 27.3 Å². The number of carboxylic acids is 1. The Morgan fingerprint density at radius 2 is 1.56 bits per heavy atom. The highest BCUT2D eigenvalue weighted by Gasteiger charge is 2.31. The van der Waals surface area contributed by atoms with Crippen LogP contribution in [0.4, 0.5) is 17.6 Å². The van der Waals surface area contributed by atoms with E-state index in [0.717, 1.165) is 0 Å². The molecule has 2 rings (SSSR count). The summed E-state index contributed by atoms with van der Waals surface area (Å²) in [5, 5.41) is 11.2. The Morgan fingerprint density at radius 3 is 2.00 bits per heavy atom. The van der Waals surface area contributed by atoms with Crippen LogP contribution in [0.25, 0.3) is 11.1 Å². The normalized spacial score (nSPS) is 12.0. The Kier molecular flexibility index (Phi) is 5.73. The third-order valence-electron chi connectivity index (χ3n) is 3.52.